The number of anilines is 1. The Kier molecular flexibility index (Phi) is 8.93. The summed E-state index contributed by atoms with van der Waals surface area (Å²) in [5.74, 6) is 2.02. The third-order valence-electron chi connectivity index (χ3n) is 4.90. The smallest absolute Gasteiger partial charge is 0.264 e. The lowest BCUT2D eigenvalue weighted by molar-refractivity contribution is -0.114. The monoisotopic (exact) mass is 474 g/mol. The number of amides is 2. The van der Waals surface area contributed by atoms with E-state index in [4.69, 9.17) is 11.6 Å². The van der Waals surface area contributed by atoms with E-state index in [1.54, 1.807) is 24.1 Å². The quantitative estimate of drug-likeness (QED) is 0.352. The summed E-state index contributed by atoms with van der Waals surface area (Å²) in [6.45, 7) is 2.85. The fourth-order valence-electron chi connectivity index (χ4n) is 3.10. The number of nitrogens with zero attached hydrogens (tertiary/aromatic N) is 1. The number of nitrogens with one attached hydrogen (secondary N) is 1. The van der Waals surface area contributed by atoms with Gasteiger partial charge in [-0.25, -0.2) is 0 Å². The Balaban J connectivity index is 1.65. The average molecular weight is 475 g/mol. The maximum absolute atomic E-state index is 12.9. The van der Waals surface area contributed by atoms with Crippen molar-refractivity contribution in [2.75, 3.05) is 30.0 Å². The Hall–Kier alpha value is -1.89. The summed E-state index contributed by atoms with van der Waals surface area (Å²) in [5.41, 5.74) is 2.12. The minimum Gasteiger partial charge on any atom is -0.352 e. The van der Waals surface area contributed by atoms with Crippen molar-refractivity contribution in [1.29, 1.82) is 0 Å². The van der Waals surface area contributed by atoms with Crippen LogP contribution in [0, 0.1) is 0 Å². The van der Waals surface area contributed by atoms with Crippen molar-refractivity contribution in [3.05, 3.63) is 63.5 Å². The van der Waals surface area contributed by atoms with Crippen LogP contribution in [-0.2, 0) is 4.79 Å². The van der Waals surface area contributed by atoms with Crippen LogP contribution in [0.2, 0.25) is 5.02 Å². The number of unbranched alkanes of at least 4 members (excludes halogenated alkanes) is 1. The molecular weight excluding hydrogens is 448 g/mol. The minimum absolute atomic E-state index is 0.107. The van der Waals surface area contributed by atoms with Gasteiger partial charge in [0.25, 0.3) is 11.8 Å². The molecule has 1 aliphatic rings. The number of rotatable bonds is 9. The van der Waals surface area contributed by atoms with Crippen LogP contribution in [0.1, 0.15) is 42.1 Å². The SMILES string of the molecule is CCCCSCCCNC(=O)c1ccc2c(c1)N(C)C(=O)/C(=C/c1ccccc1Cl)S2. The number of likely N-dealkylation sites (N-methyl/N-ethyl adjacent to an activating group) is 1. The molecule has 0 aliphatic carbocycles. The van der Waals surface area contributed by atoms with Crippen LogP contribution in [0.5, 0.6) is 0 Å². The van der Waals surface area contributed by atoms with Gasteiger partial charge in [0.15, 0.2) is 0 Å². The minimum atomic E-state index is -0.112. The third kappa shape index (κ3) is 6.31. The second-order valence-electron chi connectivity index (χ2n) is 7.25. The molecular formula is C24H27ClN2O2S2. The van der Waals surface area contributed by atoms with Crippen LogP contribution in [-0.4, -0.2) is 36.9 Å². The molecule has 3 rings (SSSR count). The van der Waals surface area contributed by atoms with Crippen molar-refractivity contribution in [2.45, 2.75) is 31.1 Å². The van der Waals surface area contributed by atoms with Crippen LogP contribution in [0.3, 0.4) is 0 Å². The molecule has 0 unspecified atom stereocenters. The van der Waals surface area contributed by atoms with Crippen LogP contribution < -0.4 is 10.2 Å². The first kappa shape index (κ1) is 23.8. The highest BCUT2D eigenvalue weighted by Gasteiger charge is 2.27. The topological polar surface area (TPSA) is 49.4 Å². The van der Waals surface area contributed by atoms with Crippen LogP contribution in [0.4, 0.5) is 5.69 Å². The molecule has 2 aromatic carbocycles. The number of fused-ring (bicyclic) bond motifs is 1. The van der Waals surface area contributed by atoms with Gasteiger partial charge in [0.1, 0.15) is 0 Å². The van der Waals surface area contributed by atoms with Crippen molar-refractivity contribution in [3.63, 3.8) is 0 Å². The Bertz CT molecular complexity index is 978. The maximum atomic E-state index is 12.9. The molecule has 2 aromatic rings. The summed E-state index contributed by atoms with van der Waals surface area (Å²) < 4.78 is 0. The van der Waals surface area contributed by atoms with Gasteiger partial charge in [0.05, 0.1) is 10.6 Å². The second-order valence-corrected chi connectivity index (χ2v) is 9.97. The molecule has 7 heteroatoms. The summed E-state index contributed by atoms with van der Waals surface area (Å²) in [6.07, 6.45) is 5.23. The van der Waals surface area contributed by atoms with E-state index < -0.39 is 0 Å². The molecule has 0 saturated carbocycles. The number of hydrogen-bond acceptors (Lipinski definition) is 4. The molecule has 0 saturated heterocycles. The summed E-state index contributed by atoms with van der Waals surface area (Å²) in [4.78, 5) is 28.6. The molecule has 0 fully saturated rings. The van der Waals surface area contributed by atoms with Crippen molar-refractivity contribution in [1.82, 2.24) is 5.32 Å². The first-order chi connectivity index (χ1) is 15.0. The fraction of sp³-hybridized carbons (Fsp3) is 0.333. The predicted octanol–water partition coefficient (Wildman–Crippen LogP) is 6.10. The zero-order valence-corrected chi connectivity index (χ0v) is 20.2. The predicted molar refractivity (Wildman–Crippen MR) is 134 cm³/mol. The molecule has 164 valence electrons. The summed E-state index contributed by atoms with van der Waals surface area (Å²) >= 11 is 9.58. The molecule has 31 heavy (non-hydrogen) atoms. The van der Waals surface area contributed by atoms with Crippen molar-refractivity contribution in [2.24, 2.45) is 0 Å². The molecule has 0 bridgehead atoms. The van der Waals surface area contributed by atoms with Gasteiger partial charge in [0.2, 0.25) is 0 Å². The Morgan fingerprint density at radius 3 is 2.74 bits per heavy atom. The highest BCUT2D eigenvalue weighted by Crippen LogP contribution is 2.42. The maximum Gasteiger partial charge on any atom is 0.264 e. The van der Waals surface area contributed by atoms with Gasteiger partial charge in [-0.05, 0) is 60.3 Å². The van der Waals surface area contributed by atoms with E-state index in [9.17, 15) is 9.59 Å². The molecule has 1 aliphatic heterocycles. The third-order valence-corrected chi connectivity index (χ3v) is 7.48. The summed E-state index contributed by atoms with van der Waals surface area (Å²) in [6, 6.07) is 12.9. The lowest BCUT2D eigenvalue weighted by atomic mass is 10.1. The Morgan fingerprint density at radius 1 is 1.19 bits per heavy atom. The van der Waals surface area contributed by atoms with E-state index in [1.165, 1.54) is 30.4 Å². The van der Waals surface area contributed by atoms with Crippen molar-refractivity contribution in [3.8, 4) is 0 Å². The molecule has 1 N–H and O–H groups in total. The fourth-order valence-corrected chi connectivity index (χ4v) is 5.41. The van der Waals surface area contributed by atoms with E-state index in [2.05, 4.69) is 12.2 Å². The molecule has 2 amide bonds. The van der Waals surface area contributed by atoms with Gasteiger partial charge in [-0.2, -0.15) is 11.8 Å². The molecule has 1 heterocycles. The number of hydrogen-bond donors (Lipinski definition) is 1. The van der Waals surface area contributed by atoms with E-state index >= 15 is 0 Å². The molecule has 0 atom stereocenters. The Morgan fingerprint density at radius 2 is 1.97 bits per heavy atom. The van der Waals surface area contributed by atoms with E-state index in [0.717, 1.165) is 28.3 Å². The van der Waals surface area contributed by atoms with Gasteiger partial charge < -0.3 is 10.2 Å². The number of carbonyl (C=O) groups is 2. The van der Waals surface area contributed by atoms with Crippen LogP contribution >= 0.6 is 35.1 Å². The molecule has 0 radical (unpaired) electrons. The molecule has 0 spiro atoms. The van der Waals surface area contributed by atoms with Gasteiger partial charge >= 0.3 is 0 Å². The zero-order valence-electron chi connectivity index (χ0n) is 17.8. The van der Waals surface area contributed by atoms with Gasteiger partial charge in [-0.3, -0.25) is 9.59 Å². The summed E-state index contributed by atoms with van der Waals surface area (Å²) in [7, 11) is 1.73. The average Bonchev–Trinajstić information content (AvgIpc) is 2.77. The Labute approximate surface area is 197 Å². The highest BCUT2D eigenvalue weighted by atomic mass is 35.5. The summed E-state index contributed by atoms with van der Waals surface area (Å²) in [5, 5.41) is 3.59. The standard InChI is InChI=1S/C24H27ClN2O2S2/c1-3-4-13-30-14-7-12-26-23(28)18-10-11-21-20(15-18)27(2)24(29)22(31-21)16-17-8-5-6-9-19(17)25/h5-6,8-11,15-16H,3-4,7,12-14H2,1-2H3,(H,26,28)/b22-16-. The number of halogens is 1. The van der Waals surface area contributed by atoms with Gasteiger partial charge in [-0.15, -0.1) is 0 Å². The molecule has 0 aromatic heterocycles. The number of carbonyl (C=O) groups excluding carboxylic acids is 2. The van der Waals surface area contributed by atoms with Gasteiger partial charge in [0, 0.05) is 29.1 Å². The van der Waals surface area contributed by atoms with E-state index in [-0.39, 0.29) is 11.8 Å². The normalized spacial score (nSPS) is 14.6. The lowest BCUT2D eigenvalue weighted by Gasteiger charge is -2.27. The number of thioether (sulfide) groups is 2. The largest absolute Gasteiger partial charge is 0.352 e. The van der Waals surface area contributed by atoms with E-state index in [0.29, 0.717) is 22.0 Å². The van der Waals surface area contributed by atoms with E-state index in [1.807, 2.05) is 48.2 Å². The molecule has 4 nitrogen and oxygen atoms in total. The van der Waals surface area contributed by atoms with Crippen molar-refractivity contribution < 1.29 is 9.59 Å². The number of benzene rings is 2. The first-order valence-corrected chi connectivity index (χ1v) is 12.8. The van der Waals surface area contributed by atoms with Crippen molar-refractivity contribution >= 4 is 58.7 Å². The lowest BCUT2D eigenvalue weighted by Crippen LogP contribution is -2.31. The van der Waals surface area contributed by atoms with Gasteiger partial charge in [-0.1, -0.05) is 54.9 Å². The zero-order chi connectivity index (χ0) is 22.2. The van der Waals surface area contributed by atoms with Crippen LogP contribution in [0.15, 0.2) is 52.3 Å². The first-order valence-electron chi connectivity index (χ1n) is 10.4. The second kappa shape index (κ2) is 11.7. The van der Waals surface area contributed by atoms with Crippen LogP contribution in [0.25, 0.3) is 6.08 Å². The highest BCUT2D eigenvalue weighted by molar-refractivity contribution is 8.04.